The summed E-state index contributed by atoms with van der Waals surface area (Å²) < 4.78 is 4.66. The average molecular weight is 238 g/mol. The molecule has 0 amide bonds. The van der Waals surface area contributed by atoms with Gasteiger partial charge in [0.15, 0.2) is 0 Å². The molecule has 0 spiro atoms. The molecule has 0 aliphatic rings. The van der Waals surface area contributed by atoms with E-state index in [9.17, 15) is 5.11 Å². The Morgan fingerprint density at radius 1 is 1.19 bits per heavy atom. The number of hydrogen-bond acceptors (Lipinski definition) is 5. The summed E-state index contributed by atoms with van der Waals surface area (Å²) in [6.07, 6.45) is 0. The van der Waals surface area contributed by atoms with Gasteiger partial charge in [0.2, 0.25) is 0 Å². The molecule has 0 saturated carbocycles. The largest absolute Gasteiger partial charge is 0.507 e. The number of phenolic OH excluding ortho intramolecular Hbond substituents is 1. The summed E-state index contributed by atoms with van der Waals surface area (Å²) in [6.45, 7) is 0. The zero-order valence-electron chi connectivity index (χ0n) is 8.54. The van der Waals surface area contributed by atoms with Crippen LogP contribution in [0.15, 0.2) is 41.3 Å². The molecule has 16 heavy (non-hydrogen) atoms. The van der Waals surface area contributed by atoms with E-state index in [0.29, 0.717) is 0 Å². The molecular weight excluding hydrogens is 228 g/mol. The van der Waals surface area contributed by atoms with Crippen LogP contribution in [0.1, 0.15) is 0 Å². The topological polar surface area (TPSA) is 47.9 Å². The van der Waals surface area contributed by atoms with E-state index < -0.39 is 0 Å². The molecule has 0 unspecified atom stereocenters. The first-order chi connectivity index (χ1) is 7.81. The lowest BCUT2D eigenvalue weighted by Crippen LogP contribution is -1.84. The van der Waals surface area contributed by atoms with Crippen LogP contribution < -0.4 is 0 Å². The van der Waals surface area contributed by atoms with Gasteiger partial charge in [-0.1, -0.05) is 29.3 Å². The van der Waals surface area contributed by atoms with Crippen LogP contribution in [-0.2, 0) is 14.3 Å². The molecule has 0 aliphatic heterocycles. The Kier molecular flexibility index (Phi) is 3.63. The smallest absolute Gasteiger partial charge is 0.124 e. The summed E-state index contributed by atoms with van der Waals surface area (Å²) in [5.41, 5.74) is 0. The second-order valence-corrected chi connectivity index (χ2v) is 3.82. The van der Waals surface area contributed by atoms with Crippen molar-refractivity contribution in [2.24, 2.45) is 0 Å². The maximum atomic E-state index is 9.77. The van der Waals surface area contributed by atoms with Gasteiger partial charge in [0.05, 0.1) is 19.2 Å². The summed E-state index contributed by atoms with van der Waals surface area (Å²) >= 11 is 0.967. The Bertz CT molecular complexity index is 486. The van der Waals surface area contributed by atoms with E-state index in [0.717, 1.165) is 27.7 Å². The monoisotopic (exact) mass is 238 g/mol. The molecule has 1 N–H and O–H groups in total. The van der Waals surface area contributed by atoms with Gasteiger partial charge >= 0.3 is 0 Å². The molecule has 0 aromatic heterocycles. The van der Waals surface area contributed by atoms with Gasteiger partial charge in [0.25, 0.3) is 0 Å². The molecule has 2 rings (SSSR count). The van der Waals surface area contributed by atoms with Crippen molar-refractivity contribution < 1.29 is 19.4 Å². The lowest BCUT2D eigenvalue weighted by Gasteiger charge is -2.04. The first-order valence-electron chi connectivity index (χ1n) is 4.57. The molecule has 2 aromatic rings. The second kappa shape index (κ2) is 5.18. The first-order valence-corrected chi connectivity index (χ1v) is 5.31. The highest BCUT2D eigenvalue weighted by atomic mass is 32.2. The third-order valence-corrected chi connectivity index (χ3v) is 2.59. The van der Waals surface area contributed by atoms with Crippen LogP contribution in [0.4, 0.5) is 0 Å². The second-order valence-electron chi connectivity index (χ2n) is 3.05. The highest BCUT2D eigenvalue weighted by Crippen LogP contribution is 2.31. The fourth-order valence-corrected chi connectivity index (χ4v) is 1.89. The highest BCUT2D eigenvalue weighted by molar-refractivity contribution is 7.94. The van der Waals surface area contributed by atoms with Crippen LogP contribution >= 0.6 is 12.0 Å². The minimum atomic E-state index is 0.210. The zero-order chi connectivity index (χ0) is 11.4. The van der Waals surface area contributed by atoms with Gasteiger partial charge < -0.3 is 5.11 Å². The number of benzene rings is 2. The van der Waals surface area contributed by atoms with Crippen molar-refractivity contribution >= 4 is 22.8 Å². The van der Waals surface area contributed by atoms with E-state index in [1.54, 1.807) is 6.07 Å². The van der Waals surface area contributed by atoms with E-state index in [1.165, 1.54) is 7.11 Å². The highest BCUT2D eigenvalue weighted by Gasteiger charge is 2.04. The Balaban J connectivity index is 2.27. The van der Waals surface area contributed by atoms with Crippen LogP contribution in [0.3, 0.4) is 0 Å². The molecule has 5 heteroatoms. The number of aromatic hydroxyl groups is 1. The fourth-order valence-electron chi connectivity index (χ4n) is 1.39. The van der Waals surface area contributed by atoms with Crippen LogP contribution in [-0.4, -0.2) is 12.2 Å². The molecule has 0 radical (unpaired) electrons. The van der Waals surface area contributed by atoms with Crippen molar-refractivity contribution in [1.82, 2.24) is 0 Å². The van der Waals surface area contributed by atoms with E-state index >= 15 is 0 Å². The van der Waals surface area contributed by atoms with Crippen molar-refractivity contribution in [2.45, 2.75) is 4.90 Å². The number of rotatable bonds is 4. The molecule has 0 heterocycles. The Hall–Kier alpha value is -1.27. The minimum Gasteiger partial charge on any atom is -0.507 e. The zero-order valence-corrected chi connectivity index (χ0v) is 9.36. The van der Waals surface area contributed by atoms with Crippen LogP contribution in [0, 0.1) is 0 Å². The van der Waals surface area contributed by atoms with Crippen molar-refractivity contribution in [2.75, 3.05) is 7.11 Å². The lowest BCUT2D eigenvalue weighted by molar-refractivity contribution is -0.447. The van der Waals surface area contributed by atoms with Gasteiger partial charge in [0, 0.05) is 10.3 Å². The van der Waals surface area contributed by atoms with Gasteiger partial charge in [-0.3, -0.25) is 0 Å². The lowest BCUT2D eigenvalue weighted by atomic mass is 10.1. The molecule has 0 saturated heterocycles. The summed E-state index contributed by atoms with van der Waals surface area (Å²) in [5, 5.41) is 15.8. The fraction of sp³-hybridized carbons (Fsp3) is 0.0909. The van der Waals surface area contributed by atoms with E-state index in [1.807, 2.05) is 30.3 Å². The van der Waals surface area contributed by atoms with Gasteiger partial charge in [-0.25, -0.2) is 4.89 Å². The van der Waals surface area contributed by atoms with Crippen LogP contribution in [0.5, 0.6) is 5.75 Å². The quantitative estimate of drug-likeness (QED) is 0.384. The summed E-state index contributed by atoms with van der Waals surface area (Å²) in [4.78, 5) is 5.01. The Labute approximate surface area is 96.8 Å². The summed E-state index contributed by atoms with van der Waals surface area (Å²) in [5.74, 6) is 0.210. The van der Waals surface area contributed by atoms with Crippen LogP contribution in [0.25, 0.3) is 10.8 Å². The van der Waals surface area contributed by atoms with Gasteiger partial charge in [0.1, 0.15) is 5.75 Å². The predicted molar refractivity (Wildman–Crippen MR) is 60.6 cm³/mol. The molecular formula is C11H10O4S. The molecule has 0 fully saturated rings. The Morgan fingerprint density at radius 3 is 2.81 bits per heavy atom. The maximum absolute atomic E-state index is 9.77. The summed E-state index contributed by atoms with van der Waals surface area (Å²) in [6, 6.07) is 11.0. The normalized spacial score (nSPS) is 10.8. The standard InChI is InChI=1S/C11H10O4S/c1-13-14-15-16-9-6-8-4-2-3-5-10(8)11(12)7-9/h2-7,12H,1H3. The average Bonchev–Trinajstić information content (AvgIpc) is 2.30. The maximum Gasteiger partial charge on any atom is 0.124 e. The van der Waals surface area contributed by atoms with Crippen LogP contribution in [0.2, 0.25) is 0 Å². The number of fused-ring (bicyclic) bond motifs is 1. The first kappa shape index (κ1) is 11.2. The van der Waals surface area contributed by atoms with Gasteiger partial charge in [-0.2, -0.15) is 0 Å². The SMILES string of the molecule is COOOSc1cc(O)c2ccccc2c1. The third-order valence-electron chi connectivity index (χ3n) is 2.04. The predicted octanol–water partition coefficient (Wildman–Crippen LogP) is 3.06. The number of phenols is 1. The molecule has 0 bridgehead atoms. The molecule has 0 atom stereocenters. The molecule has 0 aliphatic carbocycles. The van der Waals surface area contributed by atoms with E-state index in [4.69, 9.17) is 0 Å². The third kappa shape index (κ3) is 2.45. The minimum absolute atomic E-state index is 0.210. The Morgan fingerprint density at radius 2 is 2.00 bits per heavy atom. The molecule has 2 aromatic carbocycles. The van der Waals surface area contributed by atoms with E-state index in [-0.39, 0.29) is 5.75 Å². The van der Waals surface area contributed by atoms with Crippen molar-refractivity contribution in [3.05, 3.63) is 36.4 Å². The van der Waals surface area contributed by atoms with Crippen molar-refractivity contribution in [3.63, 3.8) is 0 Å². The summed E-state index contributed by atoms with van der Waals surface area (Å²) in [7, 11) is 1.35. The van der Waals surface area contributed by atoms with Crippen molar-refractivity contribution in [1.29, 1.82) is 0 Å². The molecule has 4 nitrogen and oxygen atoms in total. The van der Waals surface area contributed by atoms with Crippen molar-refractivity contribution in [3.8, 4) is 5.75 Å². The van der Waals surface area contributed by atoms with E-state index in [2.05, 4.69) is 14.3 Å². The molecule has 84 valence electrons. The van der Waals surface area contributed by atoms with Gasteiger partial charge in [-0.05, 0) is 17.5 Å². The number of hydrogen-bond donors (Lipinski definition) is 1. The van der Waals surface area contributed by atoms with Gasteiger partial charge in [-0.15, -0.1) is 4.33 Å².